The molecule has 0 bridgehead atoms. The predicted octanol–water partition coefficient (Wildman–Crippen LogP) is 2.07. The lowest BCUT2D eigenvalue weighted by Gasteiger charge is -2.12. The second-order valence-electron chi connectivity index (χ2n) is 5.97. The summed E-state index contributed by atoms with van der Waals surface area (Å²) < 4.78 is 22.8. The van der Waals surface area contributed by atoms with Gasteiger partial charge < -0.3 is 10.6 Å². The van der Waals surface area contributed by atoms with E-state index in [-0.39, 0.29) is 23.5 Å². The van der Waals surface area contributed by atoms with E-state index in [1.807, 2.05) is 42.5 Å². The zero-order chi connectivity index (χ0) is 16.3. The molecule has 1 atom stereocenters. The first-order valence-electron chi connectivity index (χ1n) is 7.72. The Labute approximate surface area is 136 Å². The smallest absolute Gasteiger partial charge is 0.315 e. The largest absolute Gasteiger partial charge is 0.338 e. The zero-order valence-electron chi connectivity index (χ0n) is 12.8. The van der Waals surface area contributed by atoms with E-state index in [4.69, 9.17) is 0 Å². The Morgan fingerprint density at radius 3 is 2.65 bits per heavy atom. The van der Waals surface area contributed by atoms with Crippen molar-refractivity contribution < 1.29 is 13.2 Å². The van der Waals surface area contributed by atoms with Crippen LogP contribution in [-0.4, -0.2) is 32.5 Å². The van der Waals surface area contributed by atoms with Crippen LogP contribution in [0.15, 0.2) is 42.5 Å². The van der Waals surface area contributed by atoms with Crippen LogP contribution in [0.25, 0.3) is 10.8 Å². The molecule has 2 N–H and O–H groups in total. The third-order valence-electron chi connectivity index (χ3n) is 4.20. The summed E-state index contributed by atoms with van der Waals surface area (Å²) in [5, 5.41) is 7.87. The standard InChI is InChI=1S/C17H20N2O3S/c20-17(18-10-13-8-9-23(21,22)12-13)19-11-15-6-3-5-14-4-1-2-7-16(14)15/h1-7,13H,8-12H2,(H2,18,19,20). The second kappa shape index (κ2) is 6.58. The van der Waals surface area contributed by atoms with E-state index in [9.17, 15) is 13.2 Å². The van der Waals surface area contributed by atoms with E-state index in [1.54, 1.807) is 0 Å². The van der Waals surface area contributed by atoms with Crippen LogP contribution in [0.3, 0.4) is 0 Å². The van der Waals surface area contributed by atoms with Crippen molar-refractivity contribution in [3.05, 3.63) is 48.0 Å². The summed E-state index contributed by atoms with van der Waals surface area (Å²) in [4.78, 5) is 11.9. The van der Waals surface area contributed by atoms with Gasteiger partial charge in [0, 0.05) is 13.1 Å². The molecule has 2 aromatic carbocycles. The van der Waals surface area contributed by atoms with Gasteiger partial charge in [0.15, 0.2) is 9.84 Å². The third-order valence-corrected chi connectivity index (χ3v) is 6.03. The summed E-state index contributed by atoms with van der Waals surface area (Å²) in [6.07, 6.45) is 0.631. The van der Waals surface area contributed by atoms with Crippen molar-refractivity contribution in [2.75, 3.05) is 18.1 Å². The Morgan fingerprint density at radius 2 is 1.87 bits per heavy atom. The molecule has 1 saturated heterocycles. The number of nitrogens with one attached hydrogen (secondary N) is 2. The number of urea groups is 1. The molecule has 6 heteroatoms. The minimum absolute atomic E-state index is 0.0308. The maximum absolute atomic E-state index is 11.9. The number of amides is 2. The molecule has 1 heterocycles. The Hall–Kier alpha value is -2.08. The first-order chi connectivity index (χ1) is 11.0. The van der Waals surface area contributed by atoms with E-state index in [0.717, 1.165) is 16.3 Å². The molecule has 2 amide bonds. The van der Waals surface area contributed by atoms with E-state index in [1.165, 1.54) is 0 Å². The molecule has 5 nitrogen and oxygen atoms in total. The predicted molar refractivity (Wildman–Crippen MR) is 90.9 cm³/mol. The fourth-order valence-electron chi connectivity index (χ4n) is 2.95. The van der Waals surface area contributed by atoms with Crippen LogP contribution in [0.4, 0.5) is 4.79 Å². The highest BCUT2D eigenvalue weighted by Crippen LogP contribution is 2.18. The molecule has 1 unspecified atom stereocenters. The topological polar surface area (TPSA) is 75.3 Å². The third kappa shape index (κ3) is 4.01. The molecular weight excluding hydrogens is 312 g/mol. The van der Waals surface area contributed by atoms with Gasteiger partial charge in [0.2, 0.25) is 0 Å². The maximum atomic E-state index is 11.9. The number of sulfone groups is 1. The first kappa shape index (κ1) is 15.8. The molecule has 0 aliphatic carbocycles. The minimum atomic E-state index is -2.89. The fraction of sp³-hybridized carbons (Fsp3) is 0.353. The molecule has 1 aliphatic heterocycles. The number of carbonyl (C=O) groups is 1. The van der Waals surface area contributed by atoms with Gasteiger partial charge in [0.05, 0.1) is 11.5 Å². The summed E-state index contributed by atoms with van der Waals surface area (Å²) in [7, 11) is -2.89. The monoisotopic (exact) mass is 332 g/mol. The number of hydrogen-bond donors (Lipinski definition) is 2. The quantitative estimate of drug-likeness (QED) is 0.900. The van der Waals surface area contributed by atoms with Gasteiger partial charge >= 0.3 is 6.03 Å². The maximum Gasteiger partial charge on any atom is 0.315 e. The average molecular weight is 332 g/mol. The van der Waals surface area contributed by atoms with E-state index < -0.39 is 9.84 Å². The number of hydrogen-bond acceptors (Lipinski definition) is 3. The molecule has 0 radical (unpaired) electrons. The Morgan fingerprint density at radius 1 is 1.09 bits per heavy atom. The zero-order valence-corrected chi connectivity index (χ0v) is 13.6. The molecular formula is C17H20N2O3S. The van der Waals surface area contributed by atoms with Gasteiger partial charge in [-0.05, 0) is 28.7 Å². The molecule has 0 saturated carbocycles. The molecule has 0 aromatic heterocycles. The molecule has 1 fully saturated rings. The molecule has 1 aliphatic rings. The van der Waals surface area contributed by atoms with E-state index >= 15 is 0 Å². The van der Waals surface area contributed by atoms with Gasteiger partial charge in [-0.2, -0.15) is 0 Å². The van der Waals surface area contributed by atoms with Crippen LogP contribution >= 0.6 is 0 Å². The molecule has 2 aromatic rings. The van der Waals surface area contributed by atoms with Crippen molar-refractivity contribution in [1.29, 1.82) is 0 Å². The van der Waals surface area contributed by atoms with Gasteiger partial charge in [0.1, 0.15) is 0 Å². The van der Waals surface area contributed by atoms with Crippen LogP contribution in [0.2, 0.25) is 0 Å². The van der Waals surface area contributed by atoms with E-state index in [0.29, 0.717) is 19.5 Å². The normalized spacial score (nSPS) is 19.6. The van der Waals surface area contributed by atoms with Gasteiger partial charge in [0.25, 0.3) is 0 Å². The lowest BCUT2D eigenvalue weighted by atomic mass is 10.0. The Balaban J connectivity index is 1.53. The molecule has 0 spiro atoms. The van der Waals surface area contributed by atoms with Crippen molar-refractivity contribution in [1.82, 2.24) is 10.6 Å². The van der Waals surface area contributed by atoms with Gasteiger partial charge in [-0.1, -0.05) is 42.5 Å². The van der Waals surface area contributed by atoms with Gasteiger partial charge in [-0.15, -0.1) is 0 Å². The lowest BCUT2D eigenvalue weighted by molar-refractivity contribution is 0.239. The van der Waals surface area contributed by atoms with Crippen molar-refractivity contribution in [3.8, 4) is 0 Å². The Kier molecular flexibility index (Phi) is 4.52. The lowest BCUT2D eigenvalue weighted by Crippen LogP contribution is -2.38. The van der Waals surface area contributed by atoms with Crippen LogP contribution < -0.4 is 10.6 Å². The summed E-state index contributed by atoms with van der Waals surface area (Å²) >= 11 is 0. The van der Waals surface area contributed by atoms with Crippen LogP contribution in [-0.2, 0) is 16.4 Å². The molecule has 3 rings (SSSR count). The minimum Gasteiger partial charge on any atom is -0.338 e. The number of benzene rings is 2. The Bertz CT molecular complexity index is 812. The van der Waals surface area contributed by atoms with Crippen LogP contribution in [0.5, 0.6) is 0 Å². The first-order valence-corrected chi connectivity index (χ1v) is 9.54. The van der Waals surface area contributed by atoms with Gasteiger partial charge in [-0.3, -0.25) is 0 Å². The summed E-state index contributed by atoms with van der Waals surface area (Å²) in [6.45, 7) is 0.844. The number of fused-ring (bicyclic) bond motifs is 1. The summed E-state index contributed by atoms with van der Waals surface area (Å²) in [6, 6.07) is 13.8. The summed E-state index contributed by atoms with van der Waals surface area (Å²) in [5.74, 6) is 0.441. The second-order valence-corrected chi connectivity index (χ2v) is 8.20. The average Bonchev–Trinajstić information content (AvgIpc) is 2.90. The van der Waals surface area contributed by atoms with Crippen molar-refractivity contribution in [3.63, 3.8) is 0 Å². The summed E-state index contributed by atoms with van der Waals surface area (Å²) in [5.41, 5.74) is 1.06. The van der Waals surface area contributed by atoms with Crippen molar-refractivity contribution in [2.45, 2.75) is 13.0 Å². The highest BCUT2D eigenvalue weighted by Gasteiger charge is 2.27. The highest BCUT2D eigenvalue weighted by atomic mass is 32.2. The SMILES string of the molecule is O=C(NCc1cccc2ccccc12)NCC1CCS(=O)(=O)C1. The van der Waals surface area contributed by atoms with Crippen LogP contribution in [0.1, 0.15) is 12.0 Å². The van der Waals surface area contributed by atoms with Crippen molar-refractivity contribution in [2.24, 2.45) is 5.92 Å². The fourth-order valence-corrected chi connectivity index (χ4v) is 4.82. The van der Waals surface area contributed by atoms with Gasteiger partial charge in [-0.25, -0.2) is 13.2 Å². The molecule has 122 valence electrons. The highest BCUT2D eigenvalue weighted by molar-refractivity contribution is 7.91. The van der Waals surface area contributed by atoms with E-state index in [2.05, 4.69) is 10.6 Å². The number of rotatable bonds is 4. The molecule has 23 heavy (non-hydrogen) atoms. The van der Waals surface area contributed by atoms with Crippen LogP contribution in [0, 0.1) is 5.92 Å². The van der Waals surface area contributed by atoms with Crippen molar-refractivity contribution >= 4 is 26.6 Å². The number of carbonyl (C=O) groups excluding carboxylic acids is 1.